The van der Waals surface area contributed by atoms with E-state index in [9.17, 15) is 14.4 Å². The van der Waals surface area contributed by atoms with E-state index in [1.165, 1.54) is 116 Å². The first-order valence-electron chi connectivity index (χ1n) is 27.4. The van der Waals surface area contributed by atoms with Gasteiger partial charge in [0.25, 0.3) is 0 Å². The lowest BCUT2D eigenvalue weighted by molar-refractivity contribution is -0.167. The van der Waals surface area contributed by atoms with E-state index in [1.54, 1.807) is 0 Å². The Balaban J connectivity index is 4.30. The van der Waals surface area contributed by atoms with Crippen molar-refractivity contribution in [1.29, 1.82) is 0 Å². The molecule has 0 amide bonds. The van der Waals surface area contributed by atoms with E-state index in [1.807, 2.05) is 0 Å². The summed E-state index contributed by atoms with van der Waals surface area (Å²) in [6.45, 7) is 6.46. The summed E-state index contributed by atoms with van der Waals surface area (Å²) in [4.78, 5) is 38.0. The van der Waals surface area contributed by atoms with Crippen LogP contribution in [0.5, 0.6) is 0 Å². The van der Waals surface area contributed by atoms with Gasteiger partial charge in [0, 0.05) is 19.3 Å². The van der Waals surface area contributed by atoms with Crippen LogP contribution in [-0.4, -0.2) is 37.2 Å². The van der Waals surface area contributed by atoms with Crippen molar-refractivity contribution >= 4 is 17.9 Å². The molecule has 0 heterocycles. The highest BCUT2D eigenvalue weighted by Gasteiger charge is 2.19. The number of hydrogen-bond acceptors (Lipinski definition) is 6. The molecule has 0 saturated heterocycles. The number of carbonyl (C=O) groups excluding carboxylic acids is 3. The Morgan fingerprint density at radius 3 is 1.02 bits per heavy atom. The average molecular weight is 907 g/mol. The number of rotatable bonds is 49. The molecular weight excluding hydrogens is 805 g/mol. The Bertz CT molecular complexity index is 1230. The molecule has 0 saturated carbocycles. The molecule has 0 spiro atoms. The standard InChI is InChI=1S/C59H102O6/c1-4-7-10-13-16-19-22-24-26-27-28-29-30-31-32-33-34-36-37-40-43-46-49-52-58(61)64-55-56(54-63-57(60)51-48-45-42-39-21-18-15-12-9-6-3)65-59(62)53-50-47-44-41-38-35-25-23-20-17-14-11-8-5-2/h7,10,12,15-16,19,24,26,28-29,31-32,56H,4-6,8-9,11,13-14,17-18,20-23,25,27,30,33-55H2,1-3H3/b10-7-,15-12-,19-16-,26-24-,29-28-,32-31-. The zero-order valence-corrected chi connectivity index (χ0v) is 42.7. The molecule has 0 aromatic heterocycles. The molecule has 6 nitrogen and oxygen atoms in total. The van der Waals surface area contributed by atoms with Crippen LogP contribution >= 0.6 is 0 Å². The third-order valence-electron chi connectivity index (χ3n) is 11.7. The third kappa shape index (κ3) is 51.7. The van der Waals surface area contributed by atoms with Gasteiger partial charge in [0.1, 0.15) is 13.2 Å². The maximum absolute atomic E-state index is 12.8. The minimum atomic E-state index is -0.780. The number of ether oxygens (including phenoxy) is 3. The maximum Gasteiger partial charge on any atom is 0.306 e. The SMILES string of the molecule is CC/C=C\C/C=C\C/C=C\C/C=C\C/C=C\CCCCCCCCCC(=O)OCC(COC(=O)CCCCCCC/C=C\CCC)OC(=O)CCCCCCCCCCCCCCCC. The molecule has 0 fully saturated rings. The van der Waals surface area contributed by atoms with Crippen LogP contribution in [0.3, 0.4) is 0 Å². The quantitative estimate of drug-likeness (QED) is 0.0262. The van der Waals surface area contributed by atoms with Crippen molar-refractivity contribution in [2.45, 2.75) is 271 Å². The molecule has 0 rings (SSSR count). The van der Waals surface area contributed by atoms with Crippen molar-refractivity contribution in [3.05, 3.63) is 72.9 Å². The number of allylic oxidation sites excluding steroid dienone is 12. The van der Waals surface area contributed by atoms with Crippen LogP contribution in [0.4, 0.5) is 0 Å². The summed E-state index contributed by atoms with van der Waals surface area (Å²) in [6.07, 6.45) is 67.5. The fraction of sp³-hybridized carbons (Fsp3) is 0.746. The molecule has 0 aromatic rings. The second-order valence-corrected chi connectivity index (χ2v) is 18.1. The molecule has 0 aromatic carbocycles. The lowest BCUT2D eigenvalue weighted by Gasteiger charge is -2.18. The van der Waals surface area contributed by atoms with E-state index < -0.39 is 6.10 Å². The molecule has 0 radical (unpaired) electrons. The number of esters is 3. The molecule has 1 atom stereocenters. The fourth-order valence-corrected chi connectivity index (χ4v) is 7.59. The molecule has 65 heavy (non-hydrogen) atoms. The van der Waals surface area contributed by atoms with Gasteiger partial charge >= 0.3 is 17.9 Å². The van der Waals surface area contributed by atoms with Crippen LogP contribution in [0.25, 0.3) is 0 Å². The molecule has 374 valence electrons. The topological polar surface area (TPSA) is 78.9 Å². The normalized spacial score (nSPS) is 12.6. The van der Waals surface area contributed by atoms with Gasteiger partial charge < -0.3 is 14.2 Å². The second-order valence-electron chi connectivity index (χ2n) is 18.1. The molecule has 0 aliphatic rings. The first kappa shape index (κ1) is 61.9. The van der Waals surface area contributed by atoms with Gasteiger partial charge in [-0.2, -0.15) is 0 Å². The van der Waals surface area contributed by atoms with E-state index in [0.29, 0.717) is 19.3 Å². The third-order valence-corrected chi connectivity index (χ3v) is 11.7. The highest BCUT2D eigenvalue weighted by molar-refractivity contribution is 5.71. The van der Waals surface area contributed by atoms with Crippen LogP contribution in [0.1, 0.15) is 265 Å². The molecule has 6 heteroatoms. The minimum absolute atomic E-state index is 0.0816. The lowest BCUT2D eigenvalue weighted by atomic mass is 10.0. The van der Waals surface area contributed by atoms with Crippen LogP contribution in [-0.2, 0) is 28.6 Å². The summed E-state index contributed by atoms with van der Waals surface area (Å²) in [5, 5.41) is 0. The van der Waals surface area contributed by atoms with E-state index in [-0.39, 0.29) is 31.1 Å². The molecule has 0 aliphatic carbocycles. The smallest absolute Gasteiger partial charge is 0.306 e. The largest absolute Gasteiger partial charge is 0.462 e. The Morgan fingerprint density at radius 2 is 0.631 bits per heavy atom. The number of unbranched alkanes of at least 4 members (excludes halogenated alkanes) is 26. The van der Waals surface area contributed by atoms with Crippen molar-refractivity contribution < 1.29 is 28.6 Å². The highest BCUT2D eigenvalue weighted by Crippen LogP contribution is 2.15. The summed E-state index contributed by atoms with van der Waals surface area (Å²) in [7, 11) is 0. The van der Waals surface area contributed by atoms with Crippen LogP contribution in [0.2, 0.25) is 0 Å². The Labute approximate surface area is 402 Å². The molecule has 1 unspecified atom stereocenters. The lowest BCUT2D eigenvalue weighted by Crippen LogP contribution is -2.30. The van der Waals surface area contributed by atoms with Crippen LogP contribution < -0.4 is 0 Å². The van der Waals surface area contributed by atoms with Gasteiger partial charge in [-0.3, -0.25) is 14.4 Å². The van der Waals surface area contributed by atoms with Gasteiger partial charge in [-0.25, -0.2) is 0 Å². The Kier molecular flexibility index (Phi) is 50.9. The monoisotopic (exact) mass is 907 g/mol. The van der Waals surface area contributed by atoms with E-state index in [4.69, 9.17) is 14.2 Å². The average Bonchev–Trinajstić information content (AvgIpc) is 3.30. The van der Waals surface area contributed by atoms with Gasteiger partial charge in [0.15, 0.2) is 6.10 Å². The molecular formula is C59H102O6. The summed E-state index contributed by atoms with van der Waals surface area (Å²) >= 11 is 0. The van der Waals surface area contributed by atoms with E-state index >= 15 is 0 Å². The predicted molar refractivity (Wildman–Crippen MR) is 279 cm³/mol. The molecule has 0 N–H and O–H groups in total. The van der Waals surface area contributed by atoms with Crippen molar-refractivity contribution in [2.75, 3.05) is 13.2 Å². The second kappa shape index (κ2) is 53.5. The summed E-state index contributed by atoms with van der Waals surface area (Å²) < 4.78 is 16.8. The minimum Gasteiger partial charge on any atom is -0.462 e. The summed E-state index contributed by atoms with van der Waals surface area (Å²) in [5.41, 5.74) is 0. The first-order valence-corrected chi connectivity index (χ1v) is 27.4. The van der Waals surface area contributed by atoms with Gasteiger partial charge in [0.05, 0.1) is 0 Å². The van der Waals surface area contributed by atoms with Crippen molar-refractivity contribution in [3.8, 4) is 0 Å². The van der Waals surface area contributed by atoms with Crippen molar-refractivity contribution in [2.24, 2.45) is 0 Å². The zero-order chi connectivity index (χ0) is 47.2. The van der Waals surface area contributed by atoms with Crippen LogP contribution in [0.15, 0.2) is 72.9 Å². The Morgan fingerprint density at radius 1 is 0.323 bits per heavy atom. The van der Waals surface area contributed by atoms with Gasteiger partial charge in [0.2, 0.25) is 0 Å². The van der Waals surface area contributed by atoms with Gasteiger partial charge in [-0.15, -0.1) is 0 Å². The van der Waals surface area contributed by atoms with Gasteiger partial charge in [-0.1, -0.05) is 235 Å². The summed E-state index contributed by atoms with van der Waals surface area (Å²) in [5.74, 6) is -0.897. The zero-order valence-electron chi connectivity index (χ0n) is 42.7. The predicted octanol–water partition coefficient (Wildman–Crippen LogP) is 18.2. The Hall–Kier alpha value is -3.15. The van der Waals surface area contributed by atoms with Crippen LogP contribution in [0, 0.1) is 0 Å². The van der Waals surface area contributed by atoms with Crippen molar-refractivity contribution in [3.63, 3.8) is 0 Å². The molecule has 0 aliphatic heterocycles. The number of carbonyl (C=O) groups is 3. The number of hydrogen-bond donors (Lipinski definition) is 0. The van der Waals surface area contributed by atoms with E-state index in [0.717, 1.165) is 109 Å². The molecule has 0 bridgehead atoms. The maximum atomic E-state index is 12.8. The van der Waals surface area contributed by atoms with Gasteiger partial charge in [-0.05, 0) is 83.5 Å². The van der Waals surface area contributed by atoms with Crippen molar-refractivity contribution in [1.82, 2.24) is 0 Å². The highest BCUT2D eigenvalue weighted by atomic mass is 16.6. The fourth-order valence-electron chi connectivity index (χ4n) is 7.59. The van der Waals surface area contributed by atoms with E-state index in [2.05, 4.69) is 93.7 Å². The summed E-state index contributed by atoms with van der Waals surface area (Å²) in [6, 6.07) is 0. The first-order chi connectivity index (χ1) is 32.0.